The molecule has 2 N–H and O–H groups in total. The fraction of sp³-hybridized carbons (Fsp3) is 0.611. The van der Waals surface area contributed by atoms with E-state index in [0.717, 1.165) is 37.8 Å². The summed E-state index contributed by atoms with van der Waals surface area (Å²) in [6.45, 7) is 1.02. The van der Waals surface area contributed by atoms with E-state index in [9.17, 15) is 9.18 Å². The molecule has 0 spiro atoms. The van der Waals surface area contributed by atoms with Crippen LogP contribution in [0, 0.1) is 11.7 Å². The molecule has 3 nitrogen and oxygen atoms in total. The standard InChI is InChI=1S/C18H25FN2O.ClH/c19-15-9-7-14(8-10-15)18(13-4-1-2-5-13)21-17(22)12-16-6-3-11-20-16;/h7-10,13,16,18,20H,1-6,11-12H2,(H,21,22);1H. The first-order valence-corrected chi connectivity index (χ1v) is 8.50. The molecule has 2 unspecified atom stereocenters. The van der Waals surface area contributed by atoms with Crippen molar-refractivity contribution in [2.75, 3.05) is 6.54 Å². The summed E-state index contributed by atoms with van der Waals surface area (Å²) < 4.78 is 13.2. The summed E-state index contributed by atoms with van der Waals surface area (Å²) in [4.78, 5) is 12.4. The van der Waals surface area contributed by atoms with Gasteiger partial charge >= 0.3 is 0 Å². The van der Waals surface area contributed by atoms with E-state index in [-0.39, 0.29) is 30.2 Å². The zero-order chi connectivity index (χ0) is 15.4. The second kappa shape index (κ2) is 8.65. The van der Waals surface area contributed by atoms with E-state index in [1.54, 1.807) is 0 Å². The van der Waals surface area contributed by atoms with Crippen molar-refractivity contribution < 1.29 is 9.18 Å². The van der Waals surface area contributed by atoms with Gasteiger partial charge < -0.3 is 10.6 Å². The number of benzene rings is 1. The van der Waals surface area contributed by atoms with Crippen molar-refractivity contribution in [1.29, 1.82) is 0 Å². The number of hydrogen-bond acceptors (Lipinski definition) is 2. The molecule has 5 heteroatoms. The van der Waals surface area contributed by atoms with E-state index in [1.807, 2.05) is 12.1 Å². The van der Waals surface area contributed by atoms with E-state index in [4.69, 9.17) is 0 Å². The van der Waals surface area contributed by atoms with E-state index < -0.39 is 0 Å². The van der Waals surface area contributed by atoms with Gasteiger partial charge in [-0.2, -0.15) is 0 Å². The number of carbonyl (C=O) groups is 1. The van der Waals surface area contributed by atoms with Crippen LogP contribution in [-0.4, -0.2) is 18.5 Å². The number of carbonyl (C=O) groups excluding carboxylic acids is 1. The van der Waals surface area contributed by atoms with Gasteiger partial charge in [-0.15, -0.1) is 12.4 Å². The third kappa shape index (κ3) is 4.92. The lowest BCUT2D eigenvalue weighted by molar-refractivity contribution is -0.122. The lowest BCUT2D eigenvalue weighted by atomic mass is 9.91. The maximum atomic E-state index is 13.2. The van der Waals surface area contributed by atoms with Crippen molar-refractivity contribution >= 4 is 18.3 Å². The van der Waals surface area contributed by atoms with Gasteiger partial charge in [-0.1, -0.05) is 25.0 Å². The van der Waals surface area contributed by atoms with Crippen LogP contribution in [0.5, 0.6) is 0 Å². The Hall–Kier alpha value is -1.13. The van der Waals surface area contributed by atoms with Gasteiger partial charge in [0.25, 0.3) is 0 Å². The van der Waals surface area contributed by atoms with Crippen molar-refractivity contribution in [3.05, 3.63) is 35.6 Å². The third-order valence-electron chi connectivity index (χ3n) is 5.01. The molecule has 2 aliphatic rings. The number of hydrogen-bond donors (Lipinski definition) is 2. The fourth-order valence-electron chi connectivity index (χ4n) is 3.82. The van der Waals surface area contributed by atoms with Gasteiger partial charge in [-0.25, -0.2) is 4.39 Å². The summed E-state index contributed by atoms with van der Waals surface area (Å²) >= 11 is 0. The smallest absolute Gasteiger partial charge is 0.222 e. The average molecular weight is 341 g/mol. The number of halogens is 2. The van der Waals surface area contributed by atoms with Crippen LogP contribution in [0.15, 0.2) is 24.3 Å². The summed E-state index contributed by atoms with van der Waals surface area (Å²) in [6.07, 6.45) is 7.52. The highest BCUT2D eigenvalue weighted by atomic mass is 35.5. The molecule has 1 aliphatic carbocycles. The number of nitrogens with one attached hydrogen (secondary N) is 2. The largest absolute Gasteiger partial charge is 0.349 e. The van der Waals surface area contributed by atoms with Crippen molar-refractivity contribution in [3.8, 4) is 0 Å². The zero-order valence-corrected chi connectivity index (χ0v) is 14.2. The van der Waals surface area contributed by atoms with Crippen LogP contribution < -0.4 is 10.6 Å². The first kappa shape index (κ1) is 18.2. The predicted octanol–water partition coefficient (Wildman–Crippen LogP) is 3.74. The Bertz CT molecular complexity index is 496. The SMILES string of the molecule is Cl.O=C(CC1CCCN1)NC(c1ccc(F)cc1)C1CCCC1. The molecule has 1 amide bonds. The van der Waals surface area contributed by atoms with E-state index in [2.05, 4.69) is 10.6 Å². The van der Waals surface area contributed by atoms with Gasteiger partial charge in [0.2, 0.25) is 5.91 Å². The van der Waals surface area contributed by atoms with Crippen LogP contribution in [0.3, 0.4) is 0 Å². The van der Waals surface area contributed by atoms with E-state index >= 15 is 0 Å². The molecule has 1 aromatic rings. The minimum atomic E-state index is -0.226. The summed E-state index contributed by atoms with van der Waals surface area (Å²) in [5, 5.41) is 6.59. The zero-order valence-electron chi connectivity index (χ0n) is 13.4. The Balaban J connectivity index is 0.00000192. The molecule has 3 rings (SSSR count). The van der Waals surface area contributed by atoms with Crippen molar-refractivity contribution in [2.24, 2.45) is 5.92 Å². The molecule has 2 fully saturated rings. The molecule has 1 saturated carbocycles. The molecule has 23 heavy (non-hydrogen) atoms. The molecule has 128 valence electrons. The highest BCUT2D eigenvalue weighted by Crippen LogP contribution is 2.35. The Morgan fingerprint density at radius 1 is 1.17 bits per heavy atom. The highest BCUT2D eigenvalue weighted by molar-refractivity contribution is 5.85. The molecular weight excluding hydrogens is 315 g/mol. The fourth-order valence-corrected chi connectivity index (χ4v) is 3.82. The molecule has 1 aromatic carbocycles. The second-order valence-corrected chi connectivity index (χ2v) is 6.64. The number of amides is 1. The Labute approximate surface area is 143 Å². The minimum absolute atomic E-state index is 0. The van der Waals surface area contributed by atoms with Crippen LogP contribution in [-0.2, 0) is 4.79 Å². The summed E-state index contributed by atoms with van der Waals surface area (Å²) in [6, 6.07) is 6.94. The first-order valence-electron chi connectivity index (χ1n) is 8.50. The maximum Gasteiger partial charge on any atom is 0.222 e. The summed E-state index contributed by atoms with van der Waals surface area (Å²) in [7, 11) is 0. The van der Waals surface area contributed by atoms with Gasteiger partial charge in [0.05, 0.1) is 6.04 Å². The average Bonchev–Trinajstić information content (AvgIpc) is 3.19. The molecule has 1 heterocycles. The molecule has 0 radical (unpaired) electrons. The van der Waals surface area contributed by atoms with Gasteiger partial charge in [0.1, 0.15) is 5.82 Å². The third-order valence-corrected chi connectivity index (χ3v) is 5.01. The van der Waals surface area contributed by atoms with Gasteiger partial charge in [0.15, 0.2) is 0 Å². The Morgan fingerprint density at radius 2 is 1.87 bits per heavy atom. The molecule has 2 atom stereocenters. The number of rotatable bonds is 5. The van der Waals surface area contributed by atoms with Crippen molar-refractivity contribution in [3.63, 3.8) is 0 Å². The van der Waals surface area contributed by atoms with Crippen LogP contribution in [0.25, 0.3) is 0 Å². The molecule has 0 aromatic heterocycles. The van der Waals surface area contributed by atoms with E-state index in [1.165, 1.54) is 25.0 Å². The van der Waals surface area contributed by atoms with Gasteiger partial charge in [-0.3, -0.25) is 4.79 Å². The molecular formula is C18H26ClFN2O. The first-order chi connectivity index (χ1) is 10.7. The van der Waals surface area contributed by atoms with Gasteiger partial charge in [0, 0.05) is 12.5 Å². The van der Waals surface area contributed by atoms with Gasteiger partial charge in [-0.05, 0) is 55.8 Å². The Kier molecular flexibility index (Phi) is 6.85. The van der Waals surface area contributed by atoms with Crippen LogP contribution in [0.1, 0.15) is 56.6 Å². The molecule has 1 aliphatic heterocycles. The highest BCUT2D eigenvalue weighted by Gasteiger charge is 2.28. The van der Waals surface area contributed by atoms with Crippen LogP contribution in [0.2, 0.25) is 0 Å². The normalized spacial score (nSPS) is 22.6. The lowest BCUT2D eigenvalue weighted by Gasteiger charge is -2.26. The molecule has 0 bridgehead atoms. The summed E-state index contributed by atoms with van der Waals surface area (Å²) in [5.41, 5.74) is 1.03. The van der Waals surface area contributed by atoms with E-state index in [0.29, 0.717) is 18.4 Å². The summed E-state index contributed by atoms with van der Waals surface area (Å²) in [5.74, 6) is 0.363. The predicted molar refractivity (Wildman–Crippen MR) is 92.1 cm³/mol. The topological polar surface area (TPSA) is 41.1 Å². The maximum absolute atomic E-state index is 13.2. The second-order valence-electron chi connectivity index (χ2n) is 6.64. The van der Waals surface area contributed by atoms with Crippen molar-refractivity contribution in [2.45, 2.75) is 57.0 Å². The van der Waals surface area contributed by atoms with Crippen LogP contribution in [0.4, 0.5) is 4.39 Å². The van der Waals surface area contributed by atoms with Crippen molar-refractivity contribution in [1.82, 2.24) is 10.6 Å². The lowest BCUT2D eigenvalue weighted by Crippen LogP contribution is -2.36. The monoisotopic (exact) mass is 340 g/mol. The van der Waals surface area contributed by atoms with Crippen LogP contribution >= 0.6 is 12.4 Å². The minimum Gasteiger partial charge on any atom is -0.349 e. The Morgan fingerprint density at radius 3 is 2.48 bits per heavy atom. The molecule has 1 saturated heterocycles. The quantitative estimate of drug-likeness (QED) is 0.857.